The lowest BCUT2D eigenvalue weighted by molar-refractivity contribution is -0.123. The molecule has 4 atom stereocenters. The molecule has 0 heterocycles. The zero-order chi connectivity index (χ0) is 15.8. The van der Waals surface area contributed by atoms with Crippen LogP contribution in [-0.4, -0.2) is 48.5 Å². The highest BCUT2D eigenvalue weighted by Gasteiger charge is 2.20. The third-order valence-electron chi connectivity index (χ3n) is 3.90. The van der Waals surface area contributed by atoms with E-state index in [2.05, 4.69) is 17.6 Å². The molecule has 5 nitrogen and oxygen atoms in total. The van der Waals surface area contributed by atoms with Crippen molar-refractivity contribution in [3.05, 3.63) is 0 Å². The second-order valence-corrected chi connectivity index (χ2v) is 6.67. The van der Waals surface area contributed by atoms with E-state index in [1.807, 2.05) is 13.8 Å². The first-order valence-electron chi connectivity index (χ1n) is 8.22. The lowest BCUT2D eigenvalue weighted by atomic mass is 9.89. The number of aliphatic hydroxyl groups is 1. The Labute approximate surface area is 128 Å². The summed E-state index contributed by atoms with van der Waals surface area (Å²) >= 11 is 0. The molecule has 1 aliphatic rings. The summed E-state index contributed by atoms with van der Waals surface area (Å²) in [6.45, 7) is 8.62. The first-order valence-corrected chi connectivity index (χ1v) is 8.22. The number of carbonyl (C=O) groups is 1. The summed E-state index contributed by atoms with van der Waals surface area (Å²) in [5, 5.41) is 15.8. The standard InChI is InChI=1S/C16H32N2O3/c1-11(2)18-16(20)13(4)17-9-14(19)10-21-15-7-5-6-12(3)8-15/h11-15,17,19H,5-10H2,1-4H3,(H,18,20). The largest absolute Gasteiger partial charge is 0.389 e. The number of amides is 1. The summed E-state index contributed by atoms with van der Waals surface area (Å²) in [6, 6.07) is -0.181. The van der Waals surface area contributed by atoms with Gasteiger partial charge in [-0.2, -0.15) is 0 Å². The molecule has 0 aromatic rings. The van der Waals surface area contributed by atoms with Gasteiger partial charge in [-0.05, 0) is 39.5 Å². The molecule has 0 bridgehead atoms. The van der Waals surface area contributed by atoms with Gasteiger partial charge in [0.15, 0.2) is 0 Å². The molecular weight excluding hydrogens is 268 g/mol. The van der Waals surface area contributed by atoms with Crippen LogP contribution in [0.1, 0.15) is 53.4 Å². The van der Waals surface area contributed by atoms with E-state index in [0.717, 1.165) is 18.8 Å². The van der Waals surface area contributed by atoms with Crippen molar-refractivity contribution < 1.29 is 14.6 Å². The van der Waals surface area contributed by atoms with Crippen LogP contribution in [0.3, 0.4) is 0 Å². The van der Waals surface area contributed by atoms with Gasteiger partial charge >= 0.3 is 0 Å². The number of rotatable bonds is 8. The summed E-state index contributed by atoms with van der Waals surface area (Å²) < 4.78 is 5.78. The lowest BCUT2D eigenvalue weighted by Gasteiger charge is -2.27. The highest BCUT2D eigenvalue weighted by Crippen LogP contribution is 2.25. The topological polar surface area (TPSA) is 70.6 Å². The van der Waals surface area contributed by atoms with Crippen LogP contribution < -0.4 is 10.6 Å². The predicted octanol–water partition coefficient (Wildman–Crippen LogP) is 1.45. The zero-order valence-electron chi connectivity index (χ0n) is 13.9. The Balaban J connectivity index is 2.15. The molecule has 0 aromatic carbocycles. The molecule has 0 radical (unpaired) electrons. The minimum atomic E-state index is -0.573. The molecule has 1 amide bonds. The van der Waals surface area contributed by atoms with Gasteiger partial charge in [-0.1, -0.05) is 19.8 Å². The second-order valence-electron chi connectivity index (χ2n) is 6.67. The Morgan fingerprint density at radius 2 is 2.05 bits per heavy atom. The molecule has 4 unspecified atom stereocenters. The van der Waals surface area contributed by atoms with Crippen molar-refractivity contribution in [2.75, 3.05) is 13.2 Å². The fraction of sp³-hybridized carbons (Fsp3) is 0.938. The molecule has 1 rings (SSSR count). The van der Waals surface area contributed by atoms with Gasteiger partial charge in [0.1, 0.15) is 0 Å². The SMILES string of the molecule is CC1CCCC(OCC(O)CNC(C)C(=O)NC(C)C)C1. The minimum absolute atomic E-state index is 0.0424. The lowest BCUT2D eigenvalue weighted by Crippen LogP contribution is -2.47. The van der Waals surface area contributed by atoms with E-state index in [4.69, 9.17) is 4.74 Å². The highest BCUT2D eigenvalue weighted by molar-refractivity contribution is 5.81. The number of hydrogen-bond acceptors (Lipinski definition) is 4. The Kier molecular flexibility index (Phi) is 8.22. The van der Waals surface area contributed by atoms with Crippen molar-refractivity contribution in [3.8, 4) is 0 Å². The van der Waals surface area contributed by atoms with Gasteiger partial charge in [0, 0.05) is 12.6 Å². The van der Waals surface area contributed by atoms with Crippen LogP contribution in [-0.2, 0) is 9.53 Å². The fourth-order valence-corrected chi connectivity index (χ4v) is 2.65. The van der Waals surface area contributed by atoms with E-state index >= 15 is 0 Å². The van der Waals surface area contributed by atoms with Gasteiger partial charge in [0.05, 0.1) is 24.9 Å². The third-order valence-corrected chi connectivity index (χ3v) is 3.90. The molecule has 21 heavy (non-hydrogen) atoms. The molecule has 124 valence electrons. The van der Waals surface area contributed by atoms with Crippen LogP contribution >= 0.6 is 0 Å². The molecule has 0 aliphatic heterocycles. The number of ether oxygens (including phenoxy) is 1. The molecule has 1 aliphatic carbocycles. The van der Waals surface area contributed by atoms with E-state index < -0.39 is 6.10 Å². The van der Waals surface area contributed by atoms with Crippen LogP contribution in [0.2, 0.25) is 0 Å². The average molecular weight is 300 g/mol. The monoisotopic (exact) mass is 300 g/mol. The van der Waals surface area contributed by atoms with Gasteiger partial charge in [-0.3, -0.25) is 4.79 Å². The highest BCUT2D eigenvalue weighted by atomic mass is 16.5. The normalized spacial score (nSPS) is 25.6. The number of carbonyl (C=O) groups excluding carboxylic acids is 1. The molecule has 0 spiro atoms. The molecule has 1 saturated carbocycles. The molecular formula is C16H32N2O3. The first kappa shape index (κ1) is 18.4. The summed E-state index contributed by atoms with van der Waals surface area (Å²) in [5.74, 6) is 0.679. The van der Waals surface area contributed by atoms with Crippen molar-refractivity contribution in [2.24, 2.45) is 5.92 Å². The third kappa shape index (κ3) is 7.79. The van der Waals surface area contributed by atoms with E-state index in [1.54, 1.807) is 6.92 Å². The molecule has 0 saturated heterocycles. The number of aliphatic hydroxyl groups excluding tert-OH is 1. The van der Waals surface area contributed by atoms with Crippen LogP contribution in [0.4, 0.5) is 0 Å². The maximum Gasteiger partial charge on any atom is 0.237 e. The minimum Gasteiger partial charge on any atom is -0.389 e. The summed E-state index contributed by atoms with van der Waals surface area (Å²) in [7, 11) is 0. The van der Waals surface area contributed by atoms with Gasteiger partial charge in [0.25, 0.3) is 0 Å². The first-order chi connectivity index (χ1) is 9.88. The average Bonchev–Trinajstić information content (AvgIpc) is 2.41. The Morgan fingerprint density at radius 3 is 2.67 bits per heavy atom. The Morgan fingerprint density at radius 1 is 1.33 bits per heavy atom. The predicted molar refractivity (Wildman–Crippen MR) is 84.1 cm³/mol. The fourth-order valence-electron chi connectivity index (χ4n) is 2.65. The molecule has 0 aromatic heterocycles. The number of nitrogens with one attached hydrogen (secondary N) is 2. The van der Waals surface area contributed by atoms with Crippen molar-refractivity contribution in [3.63, 3.8) is 0 Å². The van der Waals surface area contributed by atoms with E-state index in [-0.39, 0.29) is 24.1 Å². The van der Waals surface area contributed by atoms with Crippen molar-refractivity contribution in [1.29, 1.82) is 0 Å². The van der Waals surface area contributed by atoms with Gasteiger partial charge in [-0.15, -0.1) is 0 Å². The van der Waals surface area contributed by atoms with Gasteiger partial charge < -0.3 is 20.5 Å². The van der Waals surface area contributed by atoms with E-state index in [1.165, 1.54) is 12.8 Å². The zero-order valence-corrected chi connectivity index (χ0v) is 13.9. The van der Waals surface area contributed by atoms with Crippen LogP contribution in [0.25, 0.3) is 0 Å². The van der Waals surface area contributed by atoms with E-state index in [9.17, 15) is 9.90 Å². The van der Waals surface area contributed by atoms with Gasteiger partial charge in [0.2, 0.25) is 5.91 Å². The van der Waals surface area contributed by atoms with Crippen molar-refractivity contribution in [1.82, 2.24) is 10.6 Å². The summed E-state index contributed by atoms with van der Waals surface area (Å²) in [4.78, 5) is 11.7. The van der Waals surface area contributed by atoms with Crippen LogP contribution in [0.15, 0.2) is 0 Å². The summed E-state index contributed by atoms with van der Waals surface area (Å²) in [6.07, 6.45) is 4.39. The molecule has 1 fully saturated rings. The Hall–Kier alpha value is -0.650. The quantitative estimate of drug-likeness (QED) is 0.634. The maximum atomic E-state index is 11.7. The van der Waals surface area contributed by atoms with Crippen molar-refractivity contribution in [2.45, 2.75) is 77.7 Å². The van der Waals surface area contributed by atoms with Crippen molar-refractivity contribution >= 4 is 5.91 Å². The molecule has 5 heteroatoms. The maximum absolute atomic E-state index is 11.7. The smallest absolute Gasteiger partial charge is 0.237 e. The summed E-state index contributed by atoms with van der Waals surface area (Å²) in [5.41, 5.74) is 0. The second kappa shape index (κ2) is 9.38. The van der Waals surface area contributed by atoms with Gasteiger partial charge in [-0.25, -0.2) is 0 Å². The van der Waals surface area contributed by atoms with Crippen LogP contribution in [0, 0.1) is 5.92 Å². The van der Waals surface area contributed by atoms with Crippen LogP contribution in [0.5, 0.6) is 0 Å². The molecule has 3 N–H and O–H groups in total. The number of hydrogen-bond donors (Lipinski definition) is 3. The van der Waals surface area contributed by atoms with E-state index in [0.29, 0.717) is 13.2 Å². The Bertz CT molecular complexity index is 310.